The smallest absolute Gasteiger partial charge is 0.230 e. The van der Waals surface area contributed by atoms with Crippen molar-refractivity contribution in [1.82, 2.24) is 29.4 Å². The van der Waals surface area contributed by atoms with Crippen molar-refractivity contribution in [1.29, 1.82) is 0 Å². The van der Waals surface area contributed by atoms with Gasteiger partial charge in [-0.15, -0.1) is 5.10 Å². The van der Waals surface area contributed by atoms with E-state index in [0.29, 0.717) is 34.0 Å². The molecule has 10 heteroatoms. The molecule has 0 spiro atoms. The standard InChI is InChI=1S/C30H23ClN6O3/c1-17-24-25(20-8-4-6-10-22(20)38-2)26-28-33-27(21-9-5-7-11-23(21)39-3)35-36(28)16-32-29(26)40-30(24)37(34-17)19-14-12-18(31)13-15-19/h4-16,25H,1-3H3/t25-/m0/s1. The summed E-state index contributed by atoms with van der Waals surface area (Å²) in [7, 11) is 3.30. The quantitative estimate of drug-likeness (QED) is 0.250. The Morgan fingerprint density at radius 1 is 0.850 bits per heavy atom. The van der Waals surface area contributed by atoms with Gasteiger partial charge in [-0.3, -0.25) is 0 Å². The molecule has 0 saturated carbocycles. The summed E-state index contributed by atoms with van der Waals surface area (Å²) in [5.41, 5.74) is 5.62. The highest BCUT2D eigenvalue weighted by Crippen LogP contribution is 2.51. The van der Waals surface area contributed by atoms with E-state index in [1.807, 2.05) is 79.7 Å². The molecule has 0 radical (unpaired) electrons. The molecule has 7 rings (SSSR count). The molecular formula is C30H23ClN6O3. The lowest BCUT2D eigenvalue weighted by Crippen LogP contribution is -2.16. The average Bonchev–Trinajstić information content (AvgIpc) is 3.57. The zero-order valence-corrected chi connectivity index (χ0v) is 22.6. The maximum absolute atomic E-state index is 6.52. The minimum Gasteiger partial charge on any atom is -0.496 e. The molecule has 3 aromatic heterocycles. The molecule has 198 valence electrons. The number of para-hydroxylation sites is 2. The van der Waals surface area contributed by atoms with Crippen LogP contribution in [0.3, 0.4) is 0 Å². The van der Waals surface area contributed by atoms with E-state index in [1.54, 1.807) is 29.7 Å². The molecule has 0 fully saturated rings. The van der Waals surface area contributed by atoms with Gasteiger partial charge in [0, 0.05) is 10.6 Å². The number of benzene rings is 3. The lowest BCUT2D eigenvalue weighted by molar-refractivity contribution is 0.393. The Labute approximate surface area is 234 Å². The number of fused-ring (bicyclic) bond motifs is 4. The van der Waals surface area contributed by atoms with Gasteiger partial charge in [0.25, 0.3) is 0 Å². The second-order valence-electron chi connectivity index (χ2n) is 9.34. The highest BCUT2D eigenvalue weighted by molar-refractivity contribution is 6.30. The number of rotatable bonds is 5. The highest BCUT2D eigenvalue weighted by Gasteiger charge is 2.39. The Hall–Kier alpha value is -4.89. The monoisotopic (exact) mass is 550 g/mol. The lowest BCUT2D eigenvalue weighted by Gasteiger charge is -2.27. The third kappa shape index (κ3) is 3.70. The van der Waals surface area contributed by atoms with E-state index in [2.05, 4.69) is 4.98 Å². The summed E-state index contributed by atoms with van der Waals surface area (Å²) >= 11 is 6.16. The summed E-state index contributed by atoms with van der Waals surface area (Å²) in [6.45, 7) is 1.97. The molecule has 1 atom stereocenters. The first-order valence-corrected chi connectivity index (χ1v) is 13.0. The fourth-order valence-electron chi connectivity index (χ4n) is 5.29. The third-order valence-corrected chi connectivity index (χ3v) is 7.34. The van der Waals surface area contributed by atoms with Crippen molar-refractivity contribution in [3.63, 3.8) is 0 Å². The molecule has 0 bridgehead atoms. The zero-order chi connectivity index (χ0) is 27.4. The second-order valence-corrected chi connectivity index (χ2v) is 9.77. The molecule has 4 heterocycles. The van der Waals surface area contributed by atoms with Gasteiger partial charge in [0.15, 0.2) is 11.5 Å². The Morgan fingerprint density at radius 3 is 2.35 bits per heavy atom. The first-order valence-electron chi connectivity index (χ1n) is 12.6. The molecule has 9 nitrogen and oxygen atoms in total. The van der Waals surface area contributed by atoms with Gasteiger partial charge in [0.2, 0.25) is 11.8 Å². The summed E-state index contributed by atoms with van der Waals surface area (Å²) in [6.07, 6.45) is 1.61. The van der Waals surface area contributed by atoms with Gasteiger partial charge in [-0.2, -0.15) is 5.10 Å². The van der Waals surface area contributed by atoms with Crippen LogP contribution in [-0.2, 0) is 0 Å². The van der Waals surface area contributed by atoms with Crippen LogP contribution in [0.25, 0.3) is 22.7 Å². The summed E-state index contributed by atoms with van der Waals surface area (Å²) in [6, 6.07) is 23.0. The highest BCUT2D eigenvalue weighted by atomic mass is 35.5. The number of halogens is 1. The third-order valence-electron chi connectivity index (χ3n) is 7.09. The minimum atomic E-state index is -0.345. The number of nitrogens with zero attached hydrogens (tertiary/aromatic N) is 6. The molecule has 1 aliphatic rings. The number of ether oxygens (including phenoxy) is 3. The van der Waals surface area contributed by atoms with Gasteiger partial charge in [-0.25, -0.2) is 19.2 Å². The number of aryl methyl sites for hydroxylation is 1. The van der Waals surface area contributed by atoms with Crippen LogP contribution in [-0.4, -0.2) is 43.6 Å². The van der Waals surface area contributed by atoms with Crippen molar-refractivity contribution in [2.75, 3.05) is 14.2 Å². The molecule has 0 aliphatic carbocycles. The summed E-state index contributed by atoms with van der Waals surface area (Å²) < 4.78 is 21.4. The Kier molecular flexibility index (Phi) is 5.67. The zero-order valence-electron chi connectivity index (χ0n) is 21.9. The van der Waals surface area contributed by atoms with Gasteiger partial charge in [-0.05, 0) is 49.4 Å². The lowest BCUT2D eigenvalue weighted by atomic mass is 9.84. The van der Waals surface area contributed by atoms with Gasteiger partial charge < -0.3 is 14.2 Å². The van der Waals surface area contributed by atoms with Crippen LogP contribution in [0.5, 0.6) is 23.3 Å². The van der Waals surface area contributed by atoms with E-state index >= 15 is 0 Å². The summed E-state index contributed by atoms with van der Waals surface area (Å²) in [5.74, 6) is 2.58. The molecule has 0 amide bonds. The van der Waals surface area contributed by atoms with Gasteiger partial charge in [-0.1, -0.05) is 41.9 Å². The van der Waals surface area contributed by atoms with Crippen LogP contribution in [0.4, 0.5) is 0 Å². The fraction of sp³-hybridized carbons (Fsp3) is 0.133. The molecule has 0 unspecified atom stereocenters. The Balaban J connectivity index is 1.50. The van der Waals surface area contributed by atoms with Crippen molar-refractivity contribution in [2.24, 2.45) is 0 Å². The molecular weight excluding hydrogens is 528 g/mol. The molecule has 0 N–H and O–H groups in total. The molecule has 40 heavy (non-hydrogen) atoms. The van der Waals surface area contributed by atoms with Gasteiger partial charge in [0.05, 0.1) is 48.2 Å². The maximum atomic E-state index is 6.52. The topological polar surface area (TPSA) is 88.6 Å². The number of hydrogen-bond acceptors (Lipinski definition) is 7. The predicted octanol–water partition coefficient (Wildman–Crippen LogP) is 6.24. The van der Waals surface area contributed by atoms with E-state index in [4.69, 9.17) is 41.0 Å². The van der Waals surface area contributed by atoms with Crippen LogP contribution in [0.1, 0.15) is 28.3 Å². The molecule has 6 aromatic rings. The minimum absolute atomic E-state index is 0.345. The maximum Gasteiger partial charge on any atom is 0.230 e. The second kappa shape index (κ2) is 9.39. The number of aromatic nitrogens is 6. The van der Waals surface area contributed by atoms with E-state index in [1.165, 1.54) is 0 Å². The average molecular weight is 551 g/mol. The van der Waals surface area contributed by atoms with Gasteiger partial charge >= 0.3 is 0 Å². The summed E-state index contributed by atoms with van der Waals surface area (Å²) in [4.78, 5) is 9.67. The SMILES string of the molecule is COc1ccccc1-c1nc2c3c(ncn2n1)Oc1c(c(C)nn1-c1ccc(Cl)cc1)[C@@H]3c1ccccc1OC. The molecule has 0 saturated heterocycles. The first-order chi connectivity index (χ1) is 19.6. The van der Waals surface area contributed by atoms with Crippen LogP contribution in [0.2, 0.25) is 5.02 Å². The van der Waals surface area contributed by atoms with Crippen LogP contribution in [0, 0.1) is 6.92 Å². The van der Waals surface area contributed by atoms with Crippen molar-refractivity contribution >= 4 is 17.2 Å². The van der Waals surface area contributed by atoms with Crippen molar-refractivity contribution < 1.29 is 14.2 Å². The van der Waals surface area contributed by atoms with Crippen LogP contribution in [0.15, 0.2) is 79.1 Å². The largest absolute Gasteiger partial charge is 0.496 e. The van der Waals surface area contributed by atoms with E-state index in [9.17, 15) is 0 Å². The van der Waals surface area contributed by atoms with Crippen molar-refractivity contribution in [3.8, 4) is 40.3 Å². The first kappa shape index (κ1) is 24.2. The van der Waals surface area contributed by atoms with Crippen LogP contribution < -0.4 is 14.2 Å². The predicted molar refractivity (Wildman–Crippen MR) is 150 cm³/mol. The van der Waals surface area contributed by atoms with E-state index in [-0.39, 0.29) is 5.92 Å². The van der Waals surface area contributed by atoms with E-state index < -0.39 is 0 Å². The number of hydrogen-bond donors (Lipinski definition) is 0. The molecule has 3 aromatic carbocycles. The summed E-state index contributed by atoms with van der Waals surface area (Å²) in [5, 5.41) is 10.3. The van der Waals surface area contributed by atoms with E-state index in [0.717, 1.165) is 39.4 Å². The van der Waals surface area contributed by atoms with Crippen molar-refractivity contribution in [3.05, 3.63) is 107 Å². The normalized spacial score (nSPS) is 13.9. The Bertz CT molecular complexity index is 1900. The van der Waals surface area contributed by atoms with Crippen molar-refractivity contribution in [2.45, 2.75) is 12.8 Å². The Morgan fingerprint density at radius 2 is 1.57 bits per heavy atom. The molecule has 1 aliphatic heterocycles. The number of methoxy groups -OCH3 is 2. The fourth-order valence-corrected chi connectivity index (χ4v) is 5.42. The van der Waals surface area contributed by atoms with Gasteiger partial charge in [0.1, 0.15) is 17.8 Å². The van der Waals surface area contributed by atoms with Crippen LogP contribution >= 0.6 is 11.6 Å².